The molecule has 3 rings (SSSR count). The molecule has 1 saturated heterocycles. The van der Waals surface area contributed by atoms with Crippen molar-refractivity contribution in [1.82, 2.24) is 4.90 Å². The number of allylic oxidation sites excluding steroid dienone is 1. The van der Waals surface area contributed by atoms with Gasteiger partial charge in [0.2, 0.25) is 0 Å². The number of benzene rings is 1. The van der Waals surface area contributed by atoms with Crippen LogP contribution < -0.4 is 4.74 Å². The molecule has 0 N–H and O–H groups in total. The molecule has 1 aliphatic carbocycles. The summed E-state index contributed by atoms with van der Waals surface area (Å²) < 4.78 is 11.2. The van der Waals surface area contributed by atoms with Crippen LogP contribution in [0.3, 0.4) is 0 Å². The largest absolute Gasteiger partial charge is 0.426 e. The van der Waals surface area contributed by atoms with Gasteiger partial charge in [-0.3, -0.25) is 14.5 Å². The highest BCUT2D eigenvalue weighted by Crippen LogP contribution is 2.60. The Labute approximate surface area is 195 Å². The molecule has 5 nitrogen and oxygen atoms in total. The van der Waals surface area contributed by atoms with Crippen LogP contribution in [0.2, 0.25) is 0 Å². The van der Waals surface area contributed by atoms with Gasteiger partial charge in [-0.1, -0.05) is 73.2 Å². The number of rotatable bonds is 7. The molecule has 9 heteroatoms. The fourth-order valence-corrected chi connectivity index (χ4v) is 4.99. The normalized spacial score (nSPS) is 23.6. The quantitative estimate of drug-likeness (QED) is 0.233. The predicted molar refractivity (Wildman–Crippen MR) is 124 cm³/mol. The zero-order valence-electron chi connectivity index (χ0n) is 16.7. The van der Waals surface area contributed by atoms with Crippen LogP contribution in [0.1, 0.15) is 19.4 Å². The molecule has 2 fully saturated rings. The van der Waals surface area contributed by atoms with Crippen molar-refractivity contribution in [3.63, 3.8) is 0 Å². The number of methoxy groups -OCH3 is 1. The van der Waals surface area contributed by atoms with Gasteiger partial charge in [-0.05, 0) is 41.2 Å². The fraction of sp³-hybridized carbons (Fsp3) is 0.381. The first-order valence-electron chi connectivity index (χ1n) is 9.24. The van der Waals surface area contributed by atoms with E-state index >= 15 is 0 Å². The van der Waals surface area contributed by atoms with Gasteiger partial charge in [0.25, 0.3) is 5.91 Å². The predicted octanol–water partition coefficient (Wildman–Crippen LogP) is 5.03. The van der Waals surface area contributed by atoms with Crippen molar-refractivity contribution in [3.8, 4) is 5.75 Å². The van der Waals surface area contributed by atoms with Gasteiger partial charge in [0, 0.05) is 7.11 Å². The van der Waals surface area contributed by atoms with Crippen LogP contribution in [0.25, 0.3) is 6.08 Å². The Morgan fingerprint density at radius 1 is 1.30 bits per heavy atom. The van der Waals surface area contributed by atoms with Gasteiger partial charge in [-0.15, -0.1) is 0 Å². The van der Waals surface area contributed by atoms with Crippen molar-refractivity contribution in [1.29, 1.82) is 0 Å². The summed E-state index contributed by atoms with van der Waals surface area (Å²) in [5, 5.41) is 0. The Bertz CT molecular complexity index is 923. The van der Waals surface area contributed by atoms with Crippen LogP contribution in [0, 0.1) is 17.3 Å². The summed E-state index contributed by atoms with van der Waals surface area (Å²) in [7, 11) is 1.58. The number of esters is 1. The van der Waals surface area contributed by atoms with E-state index in [9.17, 15) is 9.59 Å². The van der Waals surface area contributed by atoms with E-state index in [-0.39, 0.29) is 33.6 Å². The van der Waals surface area contributed by atoms with Crippen molar-refractivity contribution >= 4 is 69.5 Å². The maximum Gasteiger partial charge on any atom is 0.315 e. The lowest BCUT2D eigenvalue weighted by Gasteiger charge is -2.12. The number of hydrogen-bond acceptors (Lipinski definition) is 6. The van der Waals surface area contributed by atoms with Crippen molar-refractivity contribution in [2.45, 2.75) is 13.8 Å². The zero-order chi connectivity index (χ0) is 22.1. The Hall–Kier alpha value is -1.38. The summed E-state index contributed by atoms with van der Waals surface area (Å²) in [6, 6.07) is 6.97. The zero-order valence-corrected chi connectivity index (χ0v) is 19.8. The monoisotopic (exact) mass is 485 g/mol. The molecule has 1 heterocycles. The van der Waals surface area contributed by atoms with E-state index in [1.807, 2.05) is 13.8 Å². The second-order valence-corrected chi connectivity index (χ2v) is 10.3. The highest BCUT2D eigenvalue weighted by molar-refractivity contribution is 8.26. The minimum absolute atomic E-state index is 0.0469. The van der Waals surface area contributed by atoms with E-state index in [0.717, 1.165) is 5.56 Å². The van der Waals surface area contributed by atoms with Crippen molar-refractivity contribution < 1.29 is 19.1 Å². The first kappa shape index (κ1) is 23.3. The van der Waals surface area contributed by atoms with Gasteiger partial charge in [-0.2, -0.15) is 0 Å². The van der Waals surface area contributed by atoms with Gasteiger partial charge in [0.15, 0.2) is 0 Å². The molecule has 0 bridgehead atoms. The summed E-state index contributed by atoms with van der Waals surface area (Å²) in [4.78, 5) is 27.1. The molecule has 0 unspecified atom stereocenters. The highest BCUT2D eigenvalue weighted by Gasteiger charge is 2.61. The molecular weight excluding hydrogens is 465 g/mol. The molecule has 2 atom stereocenters. The number of thiocarbonyl (C=S) groups is 1. The Kier molecular flexibility index (Phi) is 7.30. The molecule has 0 radical (unpaired) electrons. The molecule has 30 heavy (non-hydrogen) atoms. The minimum atomic E-state index is -0.317. The number of ether oxygens (including phenoxy) is 2. The van der Waals surface area contributed by atoms with E-state index in [2.05, 4.69) is 0 Å². The minimum Gasteiger partial charge on any atom is -0.426 e. The molecule has 2 aliphatic rings. The first-order valence-corrected chi connectivity index (χ1v) is 11.2. The van der Waals surface area contributed by atoms with E-state index in [0.29, 0.717) is 28.1 Å². The van der Waals surface area contributed by atoms with E-state index in [4.69, 9.17) is 44.9 Å². The summed E-state index contributed by atoms with van der Waals surface area (Å²) >= 11 is 18.0. The van der Waals surface area contributed by atoms with Gasteiger partial charge in [0.1, 0.15) is 14.6 Å². The maximum absolute atomic E-state index is 12.5. The van der Waals surface area contributed by atoms with Gasteiger partial charge >= 0.3 is 5.97 Å². The molecule has 160 valence electrons. The molecule has 1 amide bonds. The number of nitrogens with zero attached hydrogens (tertiary/aromatic N) is 1. The van der Waals surface area contributed by atoms with Crippen LogP contribution in [-0.2, 0) is 14.3 Å². The molecule has 1 aromatic carbocycles. The van der Waals surface area contributed by atoms with Crippen molar-refractivity contribution in [2.75, 3.05) is 20.3 Å². The third kappa shape index (κ3) is 5.08. The number of carbonyl (C=O) groups excluding carboxylic acids is 2. The SMILES string of the molecule is COCCN1C(=O)/C(=C\c2ccc(OC(=O)[C@H]3[C@H](C=C(Cl)Cl)C3(C)C)cc2)SC1=S. The topological polar surface area (TPSA) is 55.8 Å². The van der Waals surface area contributed by atoms with Crippen molar-refractivity contribution in [3.05, 3.63) is 45.3 Å². The van der Waals surface area contributed by atoms with Crippen LogP contribution in [0.4, 0.5) is 0 Å². The number of thioether (sulfide) groups is 1. The first-order chi connectivity index (χ1) is 14.1. The van der Waals surface area contributed by atoms with Crippen LogP contribution in [0.5, 0.6) is 5.75 Å². The highest BCUT2D eigenvalue weighted by atomic mass is 35.5. The third-order valence-corrected chi connectivity index (χ3v) is 6.89. The van der Waals surface area contributed by atoms with E-state index in [1.165, 1.54) is 16.7 Å². The smallest absolute Gasteiger partial charge is 0.315 e. The summed E-state index contributed by atoms with van der Waals surface area (Å²) in [5.74, 6) is -0.354. The Morgan fingerprint density at radius 2 is 1.97 bits per heavy atom. The second-order valence-electron chi connectivity index (χ2n) is 7.60. The fourth-order valence-electron chi connectivity index (χ4n) is 3.41. The molecular formula is C21H21Cl2NO4S2. The van der Waals surface area contributed by atoms with Gasteiger partial charge in [0.05, 0.1) is 24.0 Å². The summed E-state index contributed by atoms with van der Waals surface area (Å²) in [6.45, 7) is 4.80. The van der Waals surface area contributed by atoms with Crippen molar-refractivity contribution in [2.24, 2.45) is 17.3 Å². The lowest BCUT2D eigenvalue weighted by atomic mass is 10.1. The van der Waals surface area contributed by atoms with Crippen LogP contribution in [0.15, 0.2) is 39.7 Å². The molecule has 0 spiro atoms. The number of halogens is 2. The van der Waals surface area contributed by atoms with Gasteiger partial charge in [-0.25, -0.2) is 0 Å². The average Bonchev–Trinajstić information content (AvgIpc) is 3.10. The third-order valence-electron chi connectivity index (χ3n) is 5.26. The van der Waals surface area contributed by atoms with Gasteiger partial charge < -0.3 is 9.47 Å². The van der Waals surface area contributed by atoms with Crippen LogP contribution >= 0.6 is 47.2 Å². The number of hydrogen-bond donors (Lipinski definition) is 0. The summed E-state index contributed by atoms with van der Waals surface area (Å²) in [6.07, 6.45) is 3.45. The van der Waals surface area contributed by atoms with E-state index < -0.39 is 0 Å². The Morgan fingerprint density at radius 3 is 2.57 bits per heavy atom. The van der Waals surface area contributed by atoms with E-state index in [1.54, 1.807) is 43.5 Å². The maximum atomic E-state index is 12.5. The number of amides is 1. The average molecular weight is 486 g/mol. The molecule has 1 aliphatic heterocycles. The molecule has 1 saturated carbocycles. The lowest BCUT2D eigenvalue weighted by Crippen LogP contribution is -2.31. The number of carbonyl (C=O) groups is 2. The van der Waals surface area contributed by atoms with Crippen LogP contribution in [-0.4, -0.2) is 41.4 Å². The summed E-state index contributed by atoms with van der Waals surface area (Å²) in [5.41, 5.74) is 0.562. The standard InChI is InChI=1S/C21H21Cl2NO4S2/c1-21(2)14(11-16(22)23)17(21)19(26)28-13-6-4-12(5-7-13)10-15-18(25)24(8-9-27-3)20(29)30-15/h4-7,10-11,14,17H,8-9H2,1-3H3/b15-10+/t14-,17+/m0/s1. The second kappa shape index (κ2) is 9.40. The molecule has 1 aromatic rings. The Balaban J connectivity index is 1.64. The lowest BCUT2D eigenvalue weighted by molar-refractivity contribution is -0.136. The molecule has 0 aromatic heterocycles.